The number of unbranched alkanes of at least 4 members (excludes halogenated alkanes) is 1. The molecule has 12 rings (SSSR count). The van der Waals surface area contributed by atoms with Gasteiger partial charge in [-0.15, -0.1) is 0 Å². The van der Waals surface area contributed by atoms with Gasteiger partial charge in [-0.05, 0) is 204 Å². The molecular weight excluding hydrogens is 1640 g/mol. The van der Waals surface area contributed by atoms with Crippen LogP contribution in [0.25, 0.3) is 0 Å². The van der Waals surface area contributed by atoms with E-state index >= 15 is 43.2 Å². The second kappa shape index (κ2) is 42.6. The average Bonchev–Trinajstić information content (AvgIpc) is 1.57. The summed E-state index contributed by atoms with van der Waals surface area (Å²) in [6.07, 6.45) is 12.9. The Morgan fingerprint density at radius 3 is 2.05 bits per heavy atom. The first-order chi connectivity index (χ1) is 59.7. The number of benzene rings is 2. The van der Waals surface area contributed by atoms with Crippen LogP contribution < -0.4 is 53.2 Å². The Morgan fingerprint density at radius 1 is 0.696 bits per heavy atom. The SMILES string of the molecule is CO[C@@]1(C(=O)OCC(NC(=O)C2CSSCC(NC(=O)C(Cc3ccccc3)NC(=O)C3CCCN3C(=O)C3CCCN3C(=O)C3CCCN(C)C3)C(=O)NC(Cc3ccccc3)C(=O)NC(CC3=CNC4C=CC=CC34)C(=O)NC(CCCCNC(=O)OC(C)(C)C)C(=O)NC(C(C)O)C(=O)N2)C(C)O)CCC2C3CCC4=CC(=O)CCC4C3C(O)CC21C. The van der Waals surface area contributed by atoms with Crippen molar-refractivity contribution in [2.45, 2.75) is 260 Å². The van der Waals surface area contributed by atoms with Crippen molar-refractivity contribution in [2.24, 2.45) is 40.9 Å². The minimum Gasteiger partial charge on any atom is -0.461 e. The van der Waals surface area contributed by atoms with Crippen LogP contribution in [0.3, 0.4) is 0 Å². The molecule has 0 bridgehead atoms. The number of allylic oxidation sites excluding steroid dienone is 3. The van der Waals surface area contributed by atoms with E-state index in [-0.39, 0.29) is 136 Å². The number of nitrogens with one attached hydrogen (secondary N) is 10. The van der Waals surface area contributed by atoms with E-state index in [0.29, 0.717) is 87.6 Å². The topological polar surface area (TPSA) is 440 Å². The van der Waals surface area contributed by atoms with Crippen molar-refractivity contribution < 1.29 is 91.9 Å². The van der Waals surface area contributed by atoms with Gasteiger partial charge in [0.2, 0.25) is 59.1 Å². The van der Waals surface area contributed by atoms with Crippen molar-refractivity contribution in [1.82, 2.24) is 67.9 Å². The van der Waals surface area contributed by atoms with Crippen molar-refractivity contribution in [2.75, 3.05) is 65.0 Å². The molecule has 2 aromatic carbocycles. The number of methoxy groups -OCH3 is 1. The highest BCUT2D eigenvalue weighted by Crippen LogP contribution is 2.66. The molecule has 7 fully saturated rings. The summed E-state index contributed by atoms with van der Waals surface area (Å²) in [5.41, 5.74) is -0.420. The number of amides is 11. The fraction of sp³-hybridized carbons (Fsp3) is 0.637. The van der Waals surface area contributed by atoms with Gasteiger partial charge >= 0.3 is 12.1 Å². The van der Waals surface area contributed by atoms with Gasteiger partial charge in [-0.2, -0.15) is 0 Å². The number of carbonyl (C=O) groups excluding carboxylic acids is 13. The molecule has 4 saturated heterocycles. The molecule has 21 unspecified atom stereocenters. The predicted octanol–water partition coefficient (Wildman–Crippen LogP) is 3.55. The molecule has 10 aliphatic rings. The molecule has 32 nitrogen and oxygen atoms in total. The second-order valence-electron chi connectivity index (χ2n) is 36.8. The first-order valence-corrected chi connectivity index (χ1v) is 47.0. The van der Waals surface area contributed by atoms with E-state index in [1.54, 1.807) is 98.6 Å². The number of fused-ring (bicyclic) bond motifs is 6. The van der Waals surface area contributed by atoms with Crippen LogP contribution in [0.1, 0.15) is 162 Å². The van der Waals surface area contributed by atoms with Gasteiger partial charge in [0.1, 0.15) is 66.6 Å². The number of alkyl carbamates (subject to hydrolysis) is 1. The standard InChI is InChI=1S/C91H127N13O19S2/c1-52(105)69(49-122-87(119)91(121-8)37-36-63-62-34-32-56-44-59(107)33-35-61(56)75(62)74(108)46-90(63,91)6)98-82(114)71-51-125-124-50-70(99-79(111)67(43-55-24-13-10-14-25-55)97-83(115)72-30-20-40-103(72)86(118)73-31-21-41-104(73)85(117)57-26-19-39-102(7)48-57)81(113)95-66(42-54-22-11-9-12-23-54)78(110)96-68(45-58-47-93-64-28-16-15-27-60(58)64)80(112)94-65(77(109)101-76(53(2)106)84(116)100-71)29-17-18-38-92-88(120)123-89(3,4)5/h9-16,22-25,27-28,44,47,52-53,57,60-76,93,105-106,108H,17-21,26,29-43,45-46,48-51H2,1-8H3,(H,92,120)(H,94,112)(H,95,113)(H,96,110)(H,97,115)(H,98,114)(H,99,111)(H,100,116)(H,101,109)/t52?,53?,57?,60?,61?,62?,63?,64?,65?,66?,67?,68?,69?,70?,71?,72?,73?,74?,75?,76?,90?,91-/m1/s1. The molecule has 0 spiro atoms. The number of nitrogens with zero attached hydrogens (tertiary/aromatic N) is 3. The van der Waals surface area contributed by atoms with Crippen molar-refractivity contribution in [3.05, 3.63) is 120 Å². The Hall–Kier alpha value is -9.19. The van der Waals surface area contributed by atoms with Crippen LogP contribution in [0.4, 0.5) is 4.79 Å². The van der Waals surface area contributed by atoms with Gasteiger partial charge in [0.15, 0.2) is 11.4 Å². The Morgan fingerprint density at radius 2 is 1.35 bits per heavy atom. The molecule has 5 heterocycles. The smallest absolute Gasteiger partial charge is 0.407 e. The van der Waals surface area contributed by atoms with Crippen molar-refractivity contribution >= 4 is 98.5 Å². The third kappa shape index (κ3) is 23.2. The number of hydrogen-bond acceptors (Lipinski definition) is 23. The lowest BCUT2D eigenvalue weighted by Crippen LogP contribution is -2.62. The summed E-state index contributed by atoms with van der Waals surface area (Å²) in [4.78, 5) is 198. The Labute approximate surface area is 739 Å². The van der Waals surface area contributed by atoms with Crippen molar-refractivity contribution in [3.8, 4) is 0 Å². The van der Waals surface area contributed by atoms with E-state index in [4.69, 9.17) is 14.2 Å². The molecule has 0 aromatic heterocycles. The van der Waals surface area contributed by atoms with Gasteiger partial charge in [0.25, 0.3) is 0 Å². The zero-order valence-electron chi connectivity index (χ0n) is 72.9. The zero-order valence-corrected chi connectivity index (χ0v) is 74.5. The number of carbonyl (C=O) groups is 13. The normalized spacial score (nSPS) is 31.5. The monoisotopic (exact) mass is 1770 g/mol. The summed E-state index contributed by atoms with van der Waals surface area (Å²) in [5, 5.41) is 63.9. The summed E-state index contributed by atoms with van der Waals surface area (Å²) >= 11 is 0. The molecule has 0 radical (unpaired) electrons. The minimum atomic E-state index is -1.86. The number of likely N-dealkylation sites (tertiary alicyclic amines) is 3. The van der Waals surface area contributed by atoms with E-state index in [9.17, 15) is 34.5 Å². The first-order valence-electron chi connectivity index (χ1n) is 44.5. The van der Waals surface area contributed by atoms with Crippen LogP contribution in [0.2, 0.25) is 0 Å². The Kier molecular flexibility index (Phi) is 32.4. The predicted molar refractivity (Wildman–Crippen MR) is 467 cm³/mol. The number of aliphatic hydroxyl groups excluding tert-OH is 3. The number of ether oxygens (including phenoxy) is 3. The molecule has 11 amide bonds. The molecule has 682 valence electrons. The first kappa shape index (κ1) is 94.9. The third-order valence-electron chi connectivity index (χ3n) is 27.0. The third-order valence-corrected chi connectivity index (χ3v) is 29.5. The van der Waals surface area contributed by atoms with Gasteiger partial charge in [-0.1, -0.05) is 119 Å². The second-order valence-corrected chi connectivity index (χ2v) is 39.3. The van der Waals surface area contributed by atoms with Gasteiger partial charge in [-0.25, -0.2) is 9.59 Å². The fourth-order valence-corrected chi connectivity index (χ4v) is 22.9. The van der Waals surface area contributed by atoms with E-state index < -0.39 is 167 Å². The molecule has 34 heteroatoms. The number of piperidine rings is 1. The summed E-state index contributed by atoms with van der Waals surface area (Å²) in [5.74, 6) is -9.83. The fourth-order valence-electron chi connectivity index (χ4n) is 20.6. The summed E-state index contributed by atoms with van der Waals surface area (Å²) in [6.45, 7) is 11.1. The van der Waals surface area contributed by atoms with Crippen LogP contribution in [0.5, 0.6) is 0 Å². The van der Waals surface area contributed by atoms with Crippen molar-refractivity contribution in [1.29, 1.82) is 0 Å². The zero-order chi connectivity index (χ0) is 89.6. The van der Waals surface area contributed by atoms with Crippen LogP contribution in [-0.4, -0.2) is 268 Å². The summed E-state index contributed by atoms with van der Waals surface area (Å²) in [6, 6.07) is 2.95. The summed E-state index contributed by atoms with van der Waals surface area (Å²) < 4.78 is 17.8. The molecule has 3 saturated carbocycles. The maximum atomic E-state index is 15.8. The molecule has 5 aliphatic carbocycles. The summed E-state index contributed by atoms with van der Waals surface area (Å²) in [7, 11) is 5.26. The van der Waals surface area contributed by atoms with E-state index in [1.165, 1.54) is 25.9 Å². The quantitative estimate of drug-likeness (QED) is 0.0384. The van der Waals surface area contributed by atoms with Crippen LogP contribution in [-0.2, 0) is 84.6 Å². The van der Waals surface area contributed by atoms with Gasteiger partial charge in [-0.3, -0.25) is 52.7 Å². The van der Waals surface area contributed by atoms with Crippen LogP contribution >= 0.6 is 21.6 Å². The highest BCUT2D eigenvalue weighted by Gasteiger charge is 2.69. The Balaban J connectivity index is 0.849. The highest BCUT2D eigenvalue weighted by atomic mass is 33.1. The molecule has 2 aromatic rings. The van der Waals surface area contributed by atoms with Crippen LogP contribution in [0, 0.1) is 40.9 Å². The highest BCUT2D eigenvalue weighted by molar-refractivity contribution is 8.76. The Bertz CT molecular complexity index is 4380. The number of hydrogen-bond donors (Lipinski definition) is 13. The average molecular weight is 1770 g/mol. The molecule has 22 atom stereocenters. The molecule has 5 aliphatic heterocycles. The van der Waals surface area contributed by atoms with E-state index in [1.807, 2.05) is 38.3 Å². The maximum Gasteiger partial charge on any atom is 0.407 e. The van der Waals surface area contributed by atoms with Gasteiger partial charge in [0.05, 0.1) is 36.3 Å². The number of ketones is 1. The maximum absolute atomic E-state index is 15.8. The molecule has 125 heavy (non-hydrogen) atoms. The largest absolute Gasteiger partial charge is 0.461 e. The molecular formula is C91H127N13O19S2. The lowest BCUT2D eigenvalue weighted by atomic mass is 9.49. The lowest BCUT2D eigenvalue weighted by molar-refractivity contribution is -0.203. The molecule has 13 N–H and O–H groups in total. The minimum absolute atomic E-state index is 0.0129. The number of esters is 1. The van der Waals surface area contributed by atoms with Crippen LogP contribution in [0.15, 0.2) is 108 Å². The number of aliphatic hydroxyl groups is 3. The van der Waals surface area contributed by atoms with E-state index in [0.717, 1.165) is 40.1 Å². The lowest BCUT2D eigenvalue weighted by Gasteiger charge is -2.57. The van der Waals surface area contributed by atoms with Gasteiger partial charge in [0, 0.05) is 75.4 Å². The van der Waals surface area contributed by atoms with Gasteiger partial charge < -0.3 is 97.4 Å². The number of rotatable bonds is 25. The van der Waals surface area contributed by atoms with E-state index in [2.05, 4.69) is 58.1 Å². The van der Waals surface area contributed by atoms with Crippen molar-refractivity contribution in [3.63, 3.8) is 0 Å².